The molecule has 0 fully saturated rings. The molecule has 0 amide bonds. The molecule has 0 unspecified atom stereocenters. The highest BCUT2D eigenvalue weighted by Crippen LogP contribution is 2.14. The Morgan fingerprint density at radius 1 is 1.38 bits per heavy atom. The monoisotopic (exact) mass is 213 g/mol. The summed E-state index contributed by atoms with van der Waals surface area (Å²) in [6.07, 6.45) is 11.7. The molecular formula is C13H15N3. The van der Waals surface area contributed by atoms with Crippen molar-refractivity contribution in [3.8, 4) is 0 Å². The van der Waals surface area contributed by atoms with Crippen molar-refractivity contribution in [3.63, 3.8) is 0 Å². The van der Waals surface area contributed by atoms with Crippen LogP contribution < -0.4 is 0 Å². The predicted molar refractivity (Wildman–Crippen MR) is 64.6 cm³/mol. The van der Waals surface area contributed by atoms with E-state index in [9.17, 15) is 0 Å². The Bertz CT molecular complexity index is 483. The molecule has 1 aromatic rings. The summed E-state index contributed by atoms with van der Waals surface area (Å²) in [6.45, 7) is 5.23. The second-order valence-electron chi connectivity index (χ2n) is 4.20. The lowest BCUT2D eigenvalue weighted by atomic mass is 10.2. The summed E-state index contributed by atoms with van der Waals surface area (Å²) in [5.41, 5.74) is 4.99. The highest BCUT2D eigenvalue weighted by Gasteiger charge is 2.05. The first-order valence-corrected chi connectivity index (χ1v) is 5.45. The van der Waals surface area contributed by atoms with Crippen molar-refractivity contribution in [1.29, 1.82) is 0 Å². The van der Waals surface area contributed by atoms with E-state index < -0.39 is 0 Å². The van der Waals surface area contributed by atoms with E-state index in [2.05, 4.69) is 29.9 Å². The van der Waals surface area contributed by atoms with Crippen LogP contribution in [0, 0.1) is 5.92 Å². The number of hydrogen-bond donors (Lipinski definition) is 0. The van der Waals surface area contributed by atoms with Crippen molar-refractivity contribution in [2.45, 2.75) is 20.4 Å². The summed E-state index contributed by atoms with van der Waals surface area (Å²) in [5.74, 6) is 0.578. The number of allylic oxidation sites excluding steroid dienone is 5. The maximum atomic E-state index is 4.17. The summed E-state index contributed by atoms with van der Waals surface area (Å²) in [6, 6.07) is 0. The minimum atomic E-state index is 0.578. The predicted octanol–water partition coefficient (Wildman–Crippen LogP) is 2.60. The molecule has 1 aliphatic carbocycles. The first-order valence-electron chi connectivity index (χ1n) is 5.45. The zero-order valence-corrected chi connectivity index (χ0v) is 9.59. The van der Waals surface area contributed by atoms with Crippen LogP contribution in [0.1, 0.15) is 19.5 Å². The summed E-state index contributed by atoms with van der Waals surface area (Å²) < 4.78 is 1.89. The number of nitrogens with zero attached hydrogens (tertiary/aromatic N) is 3. The molecule has 3 heteroatoms. The highest BCUT2D eigenvalue weighted by molar-refractivity contribution is 5.73. The van der Waals surface area contributed by atoms with Gasteiger partial charge in [-0.25, -0.2) is 0 Å². The summed E-state index contributed by atoms with van der Waals surface area (Å²) in [4.78, 5) is 0. The standard InChI is InChI=1S/C13H15N3/c1-11(2)9-16-10-13(14-15-16)12-7-5-3-4-6-8-12/h3,5-8,10-11H,9H2,1-2H3. The van der Waals surface area contributed by atoms with E-state index >= 15 is 0 Å². The van der Waals surface area contributed by atoms with Crippen LogP contribution in [-0.4, -0.2) is 15.0 Å². The SMILES string of the molecule is CC(C)Cn1cc(C2=CC=C=CC=C2)nn1. The van der Waals surface area contributed by atoms with Gasteiger partial charge in [0.2, 0.25) is 0 Å². The molecule has 0 N–H and O–H groups in total. The highest BCUT2D eigenvalue weighted by atomic mass is 15.4. The molecule has 2 rings (SSSR count). The third-order valence-corrected chi connectivity index (χ3v) is 2.21. The summed E-state index contributed by atoms with van der Waals surface area (Å²) in [5, 5.41) is 8.28. The minimum Gasteiger partial charge on any atom is -0.252 e. The number of hydrogen-bond acceptors (Lipinski definition) is 2. The Morgan fingerprint density at radius 3 is 3.06 bits per heavy atom. The molecule has 16 heavy (non-hydrogen) atoms. The fourth-order valence-corrected chi connectivity index (χ4v) is 1.52. The van der Waals surface area contributed by atoms with Crippen molar-refractivity contribution in [2.75, 3.05) is 0 Å². The fraction of sp³-hybridized carbons (Fsp3) is 0.308. The third-order valence-electron chi connectivity index (χ3n) is 2.21. The van der Waals surface area contributed by atoms with E-state index in [1.54, 1.807) is 0 Å². The smallest absolute Gasteiger partial charge is 0.113 e. The Labute approximate surface area is 95.5 Å². The van der Waals surface area contributed by atoms with E-state index in [0.29, 0.717) is 5.92 Å². The van der Waals surface area contributed by atoms with E-state index in [1.807, 2.05) is 41.3 Å². The maximum absolute atomic E-state index is 4.17. The number of rotatable bonds is 3. The van der Waals surface area contributed by atoms with Crippen LogP contribution in [0.5, 0.6) is 0 Å². The van der Waals surface area contributed by atoms with Gasteiger partial charge < -0.3 is 0 Å². The molecule has 0 saturated heterocycles. The van der Waals surface area contributed by atoms with Crippen LogP contribution in [0.2, 0.25) is 0 Å². The van der Waals surface area contributed by atoms with Crippen LogP contribution in [0.3, 0.4) is 0 Å². The van der Waals surface area contributed by atoms with Crippen molar-refractivity contribution >= 4 is 5.57 Å². The van der Waals surface area contributed by atoms with Crippen molar-refractivity contribution < 1.29 is 0 Å². The van der Waals surface area contributed by atoms with Gasteiger partial charge in [0, 0.05) is 12.1 Å². The molecular weight excluding hydrogens is 198 g/mol. The van der Waals surface area contributed by atoms with Crippen molar-refractivity contribution in [3.05, 3.63) is 48.0 Å². The lowest BCUT2D eigenvalue weighted by Crippen LogP contribution is -2.04. The zero-order valence-electron chi connectivity index (χ0n) is 9.59. The van der Waals surface area contributed by atoms with Gasteiger partial charge in [-0.15, -0.1) is 10.8 Å². The Hall–Kier alpha value is -1.86. The van der Waals surface area contributed by atoms with Crippen LogP contribution in [0.15, 0.2) is 42.3 Å². The Balaban J connectivity index is 2.19. The molecule has 1 aliphatic rings. The van der Waals surface area contributed by atoms with Gasteiger partial charge in [-0.1, -0.05) is 31.2 Å². The topological polar surface area (TPSA) is 30.7 Å². The molecule has 0 atom stereocenters. The molecule has 0 aliphatic heterocycles. The van der Waals surface area contributed by atoms with Gasteiger partial charge in [0.25, 0.3) is 0 Å². The van der Waals surface area contributed by atoms with Gasteiger partial charge in [0.1, 0.15) is 5.69 Å². The second kappa shape index (κ2) is 4.77. The van der Waals surface area contributed by atoms with Gasteiger partial charge in [0.15, 0.2) is 0 Å². The Morgan fingerprint density at radius 2 is 2.25 bits per heavy atom. The quantitative estimate of drug-likeness (QED) is 0.722. The molecule has 0 radical (unpaired) electrons. The average Bonchev–Trinajstić information content (AvgIpc) is 2.53. The van der Waals surface area contributed by atoms with Gasteiger partial charge in [-0.2, -0.15) is 0 Å². The van der Waals surface area contributed by atoms with Gasteiger partial charge in [0.05, 0.1) is 6.20 Å². The van der Waals surface area contributed by atoms with Crippen LogP contribution >= 0.6 is 0 Å². The van der Waals surface area contributed by atoms with E-state index in [4.69, 9.17) is 0 Å². The average molecular weight is 213 g/mol. The van der Waals surface area contributed by atoms with E-state index in [-0.39, 0.29) is 0 Å². The molecule has 0 bridgehead atoms. The summed E-state index contributed by atoms with van der Waals surface area (Å²) in [7, 11) is 0. The molecule has 1 heterocycles. The molecule has 0 spiro atoms. The lowest BCUT2D eigenvalue weighted by Gasteiger charge is -2.01. The van der Waals surface area contributed by atoms with Gasteiger partial charge in [-0.3, -0.25) is 4.68 Å². The van der Waals surface area contributed by atoms with Crippen LogP contribution in [0.4, 0.5) is 0 Å². The molecule has 1 aromatic heterocycles. The number of aromatic nitrogens is 3. The first kappa shape index (κ1) is 10.7. The zero-order chi connectivity index (χ0) is 11.4. The minimum absolute atomic E-state index is 0.578. The van der Waals surface area contributed by atoms with Crippen LogP contribution in [-0.2, 0) is 6.54 Å². The van der Waals surface area contributed by atoms with Crippen molar-refractivity contribution in [1.82, 2.24) is 15.0 Å². The third kappa shape index (κ3) is 2.59. The van der Waals surface area contributed by atoms with Gasteiger partial charge in [-0.05, 0) is 24.1 Å². The molecule has 3 nitrogen and oxygen atoms in total. The largest absolute Gasteiger partial charge is 0.252 e. The lowest BCUT2D eigenvalue weighted by molar-refractivity contribution is 0.472. The van der Waals surface area contributed by atoms with Gasteiger partial charge >= 0.3 is 0 Å². The molecule has 82 valence electrons. The summed E-state index contributed by atoms with van der Waals surface area (Å²) >= 11 is 0. The molecule has 0 aromatic carbocycles. The van der Waals surface area contributed by atoms with E-state index in [1.165, 1.54) is 0 Å². The van der Waals surface area contributed by atoms with E-state index in [0.717, 1.165) is 17.8 Å². The fourth-order valence-electron chi connectivity index (χ4n) is 1.52. The Kier molecular flexibility index (Phi) is 3.18. The van der Waals surface area contributed by atoms with Crippen LogP contribution in [0.25, 0.3) is 5.57 Å². The normalized spacial score (nSPS) is 14.3. The van der Waals surface area contributed by atoms with Crippen molar-refractivity contribution in [2.24, 2.45) is 5.92 Å². The first-order chi connectivity index (χ1) is 7.75. The second-order valence-corrected chi connectivity index (χ2v) is 4.20. The maximum Gasteiger partial charge on any atom is 0.113 e. The molecule has 0 saturated carbocycles.